The van der Waals surface area contributed by atoms with E-state index in [2.05, 4.69) is 20.4 Å². The van der Waals surface area contributed by atoms with Crippen LogP contribution in [0.2, 0.25) is 0 Å². The molecule has 3 fully saturated rings. The zero-order valence-electron chi connectivity index (χ0n) is 15.0. The maximum absolute atomic E-state index is 11.1. The summed E-state index contributed by atoms with van der Waals surface area (Å²) >= 11 is 0. The van der Waals surface area contributed by atoms with E-state index in [9.17, 15) is 10.2 Å². The van der Waals surface area contributed by atoms with Crippen LogP contribution < -0.4 is 0 Å². The number of hydrogen-bond donors (Lipinski definition) is 2. The molecular weight excluding hydrogens is 288 g/mol. The summed E-state index contributed by atoms with van der Waals surface area (Å²) in [4.78, 5) is 0. The molecule has 3 unspecified atom stereocenters. The van der Waals surface area contributed by atoms with Crippen molar-refractivity contribution in [1.82, 2.24) is 0 Å². The molecule has 0 bridgehead atoms. The number of aliphatic hydroxyl groups is 2. The second kappa shape index (κ2) is 6.02. The van der Waals surface area contributed by atoms with E-state index in [1.807, 2.05) is 19.9 Å². The maximum atomic E-state index is 11.1. The highest BCUT2D eigenvalue weighted by Gasteiger charge is 2.68. The summed E-state index contributed by atoms with van der Waals surface area (Å²) < 4.78 is 5.89. The van der Waals surface area contributed by atoms with Crippen molar-refractivity contribution in [2.24, 2.45) is 23.7 Å². The molecule has 2 saturated carbocycles. The molecule has 0 spiro atoms. The van der Waals surface area contributed by atoms with Crippen molar-refractivity contribution in [2.75, 3.05) is 0 Å². The van der Waals surface area contributed by atoms with Gasteiger partial charge in [0, 0.05) is 5.92 Å². The second-order valence-corrected chi connectivity index (χ2v) is 8.53. The first-order valence-electron chi connectivity index (χ1n) is 9.10. The van der Waals surface area contributed by atoms with Gasteiger partial charge in [-0.25, -0.2) is 0 Å². The van der Waals surface area contributed by atoms with Crippen molar-refractivity contribution >= 4 is 0 Å². The molecule has 2 N–H and O–H groups in total. The van der Waals surface area contributed by atoms with Gasteiger partial charge in [-0.2, -0.15) is 0 Å². The monoisotopic (exact) mass is 320 g/mol. The third-order valence-electron chi connectivity index (χ3n) is 6.54. The Morgan fingerprint density at radius 1 is 1.48 bits per heavy atom. The van der Waals surface area contributed by atoms with Crippen LogP contribution in [0.25, 0.3) is 0 Å². The molecule has 1 aliphatic heterocycles. The zero-order valence-corrected chi connectivity index (χ0v) is 15.0. The quantitative estimate of drug-likeness (QED) is 0.616. The van der Waals surface area contributed by atoms with E-state index in [0.717, 1.165) is 24.8 Å². The molecule has 0 amide bonds. The minimum absolute atomic E-state index is 0.145. The molecule has 2 aliphatic carbocycles. The summed E-state index contributed by atoms with van der Waals surface area (Å²) in [7, 11) is 0. The van der Waals surface area contributed by atoms with Crippen LogP contribution in [0.5, 0.6) is 0 Å². The normalized spacial score (nSPS) is 44.8. The van der Waals surface area contributed by atoms with Crippen LogP contribution in [0.3, 0.4) is 0 Å². The van der Waals surface area contributed by atoms with E-state index < -0.39 is 6.10 Å². The van der Waals surface area contributed by atoms with E-state index in [0.29, 0.717) is 18.4 Å². The first-order chi connectivity index (χ1) is 10.7. The second-order valence-electron chi connectivity index (χ2n) is 8.53. The maximum Gasteiger partial charge on any atom is 0.0979 e. The predicted molar refractivity (Wildman–Crippen MR) is 92.0 cm³/mol. The van der Waals surface area contributed by atoms with Crippen molar-refractivity contribution in [3.8, 4) is 0 Å². The van der Waals surface area contributed by atoms with Gasteiger partial charge in [0.25, 0.3) is 0 Å². The largest absolute Gasteiger partial charge is 0.392 e. The highest BCUT2D eigenvalue weighted by atomic mass is 16.6. The van der Waals surface area contributed by atoms with Gasteiger partial charge in [-0.15, -0.1) is 0 Å². The molecule has 3 rings (SSSR count). The fourth-order valence-corrected chi connectivity index (χ4v) is 5.23. The van der Waals surface area contributed by atoms with Crippen molar-refractivity contribution < 1.29 is 14.9 Å². The van der Waals surface area contributed by atoms with Crippen LogP contribution in [0.1, 0.15) is 53.4 Å². The Morgan fingerprint density at radius 3 is 2.83 bits per heavy atom. The molecule has 0 aromatic rings. The predicted octanol–water partition coefficient (Wildman–Crippen LogP) is 3.46. The number of rotatable bonds is 4. The van der Waals surface area contributed by atoms with Crippen molar-refractivity contribution in [3.05, 3.63) is 23.8 Å². The Hall–Kier alpha value is -0.640. The number of epoxide rings is 1. The minimum atomic E-state index is -0.423. The minimum Gasteiger partial charge on any atom is -0.392 e. The van der Waals surface area contributed by atoms with E-state index in [1.165, 1.54) is 5.57 Å². The Labute approximate surface area is 140 Å². The van der Waals surface area contributed by atoms with Gasteiger partial charge in [0.1, 0.15) is 0 Å². The number of aliphatic hydroxyl groups excluding tert-OH is 2. The van der Waals surface area contributed by atoms with Crippen LogP contribution in [0.4, 0.5) is 0 Å². The molecule has 0 radical (unpaired) electrons. The lowest BCUT2D eigenvalue weighted by molar-refractivity contribution is -0.0222. The van der Waals surface area contributed by atoms with E-state index in [-0.39, 0.29) is 29.5 Å². The molecule has 0 aromatic heterocycles. The number of hydrogen-bond acceptors (Lipinski definition) is 3. The van der Waals surface area contributed by atoms with Crippen LogP contribution >= 0.6 is 0 Å². The molecule has 3 heteroatoms. The topological polar surface area (TPSA) is 53.0 Å². The van der Waals surface area contributed by atoms with Crippen molar-refractivity contribution in [3.63, 3.8) is 0 Å². The average Bonchev–Trinajstić information content (AvgIpc) is 3.01. The summed E-state index contributed by atoms with van der Waals surface area (Å²) in [6, 6.07) is 0. The van der Waals surface area contributed by atoms with Crippen LogP contribution in [-0.4, -0.2) is 34.1 Å². The number of ether oxygens (including phenoxy) is 1. The molecule has 1 saturated heterocycles. The van der Waals surface area contributed by atoms with Crippen molar-refractivity contribution in [2.45, 2.75) is 77.3 Å². The summed E-state index contributed by atoms with van der Waals surface area (Å²) in [5, 5.41) is 21.4. The third kappa shape index (κ3) is 3.04. The van der Waals surface area contributed by atoms with Gasteiger partial charge in [-0.05, 0) is 64.2 Å². The van der Waals surface area contributed by atoms with Gasteiger partial charge in [0.15, 0.2) is 0 Å². The lowest BCUT2D eigenvalue weighted by atomic mass is 9.74. The van der Waals surface area contributed by atoms with Crippen molar-refractivity contribution in [1.29, 1.82) is 0 Å². The summed E-state index contributed by atoms with van der Waals surface area (Å²) in [6.45, 7) is 12.6. The van der Waals surface area contributed by atoms with E-state index >= 15 is 0 Å². The summed E-state index contributed by atoms with van der Waals surface area (Å²) in [5.74, 6) is 1.08. The van der Waals surface area contributed by atoms with Crippen LogP contribution in [-0.2, 0) is 4.74 Å². The Kier molecular flexibility index (Phi) is 4.50. The van der Waals surface area contributed by atoms with Crippen LogP contribution in [0.15, 0.2) is 23.8 Å². The molecule has 0 aromatic carbocycles. The molecule has 130 valence electrons. The highest BCUT2D eigenvalue weighted by Crippen LogP contribution is 2.61. The Bertz CT molecular complexity index is 507. The smallest absolute Gasteiger partial charge is 0.0979 e. The first kappa shape index (κ1) is 17.2. The fraction of sp³-hybridized carbons (Fsp3) is 0.800. The molecule has 3 aliphatic rings. The van der Waals surface area contributed by atoms with Gasteiger partial charge in [0.05, 0.1) is 23.9 Å². The third-order valence-corrected chi connectivity index (χ3v) is 6.54. The summed E-state index contributed by atoms with van der Waals surface area (Å²) in [6.07, 6.45) is 5.15. The number of allylic oxidation sites excluding steroid dienone is 2. The lowest BCUT2D eigenvalue weighted by Crippen LogP contribution is -2.41. The fourth-order valence-electron chi connectivity index (χ4n) is 5.23. The molecular formula is C20H32O3. The lowest BCUT2D eigenvalue weighted by Gasteiger charge is -2.35. The van der Waals surface area contributed by atoms with E-state index in [1.54, 1.807) is 0 Å². The molecule has 8 atom stereocenters. The molecule has 23 heavy (non-hydrogen) atoms. The Morgan fingerprint density at radius 2 is 2.17 bits per heavy atom. The Balaban J connectivity index is 1.74. The van der Waals surface area contributed by atoms with Gasteiger partial charge in [-0.1, -0.05) is 30.7 Å². The van der Waals surface area contributed by atoms with Gasteiger partial charge >= 0.3 is 0 Å². The van der Waals surface area contributed by atoms with Gasteiger partial charge in [-0.3, -0.25) is 0 Å². The average molecular weight is 320 g/mol. The molecule has 1 heterocycles. The number of fused-ring (bicyclic) bond motifs is 3. The first-order valence-corrected chi connectivity index (χ1v) is 9.10. The van der Waals surface area contributed by atoms with Gasteiger partial charge in [0.2, 0.25) is 0 Å². The standard InChI is InChI=1S/C20H32O3/c1-11(2)8-14(21)9-13(4)15-7-6-12(3)16-10-17-20(5,23-17)18(16)19(15)22/h8,13-19,21-22H,3,6-7,9-10H2,1-2,4-5H3/t13-,14?,15+,16+,17?,18-,19-,20?/m1/s1. The SMILES string of the molecule is C=C1CC[C@@H]([C@H](C)CC(O)C=C(C)C)[C@@H](O)[C@H]2[C@H]1CC1OC12C. The van der Waals surface area contributed by atoms with Crippen LogP contribution in [0, 0.1) is 23.7 Å². The zero-order chi connectivity index (χ0) is 16.9. The molecule has 3 nitrogen and oxygen atoms in total. The van der Waals surface area contributed by atoms with Gasteiger partial charge < -0.3 is 14.9 Å². The summed E-state index contributed by atoms with van der Waals surface area (Å²) in [5.41, 5.74) is 2.29. The van der Waals surface area contributed by atoms with E-state index in [4.69, 9.17) is 4.74 Å². The highest BCUT2D eigenvalue weighted by molar-refractivity contribution is 5.24.